The molecule has 3 heteroatoms. The van der Waals surface area contributed by atoms with Crippen LogP contribution < -0.4 is 10.2 Å². The van der Waals surface area contributed by atoms with Crippen LogP contribution in [0.2, 0.25) is 0 Å². The number of para-hydroxylation sites is 1. The van der Waals surface area contributed by atoms with Gasteiger partial charge in [-0.05, 0) is 11.6 Å². The minimum absolute atomic E-state index is 0.0531. The number of anilines is 1. The van der Waals surface area contributed by atoms with Gasteiger partial charge in [0, 0.05) is 24.6 Å². The van der Waals surface area contributed by atoms with Gasteiger partial charge >= 0.3 is 0 Å². The number of carbonyl (C=O) groups excluding carboxylic acids is 1. The second-order valence-electron chi connectivity index (χ2n) is 4.69. The van der Waals surface area contributed by atoms with Gasteiger partial charge in [-0.25, -0.2) is 0 Å². The number of amides is 1. The highest BCUT2D eigenvalue weighted by molar-refractivity contribution is 5.85. The first-order valence-electron chi connectivity index (χ1n) is 5.24. The van der Waals surface area contributed by atoms with Crippen LogP contribution in [0.5, 0.6) is 0 Å². The smallest absolute Gasteiger partial charge is 0.222 e. The van der Waals surface area contributed by atoms with E-state index in [1.165, 1.54) is 11.3 Å². The molecule has 1 fully saturated rings. The summed E-state index contributed by atoms with van der Waals surface area (Å²) < 4.78 is 0. The molecule has 3 nitrogen and oxygen atoms in total. The Morgan fingerprint density at radius 3 is 3.00 bits per heavy atom. The molecule has 0 radical (unpaired) electrons. The molecule has 1 amide bonds. The molecule has 0 aromatic heterocycles. The summed E-state index contributed by atoms with van der Waals surface area (Å²) in [6.07, 6.45) is 0.723. The number of hydrogen-bond donors (Lipinski definition) is 1. The van der Waals surface area contributed by atoms with Gasteiger partial charge in [-0.2, -0.15) is 0 Å². The fraction of sp³-hybridized carbons (Fsp3) is 0.417. The summed E-state index contributed by atoms with van der Waals surface area (Å²) in [5.74, 6) is 0.156. The summed E-state index contributed by atoms with van der Waals surface area (Å²) in [6.45, 7) is 2.16. The lowest BCUT2D eigenvalue weighted by Gasteiger charge is -2.26. The molecule has 0 spiro atoms. The quantitative estimate of drug-likeness (QED) is 0.686. The second kappa shape index (κ2) is 2.54. The summed E-state index contributed by atoms with van der Waals surface area (Å²) in [4.78, 5) is 13.6. The van der Waals surface area contributed by atoms with Gasteiger partial charge in [0.1, 0.15) is 6.17 Å². The highest BCUT2D eigenvalue weighted by atomic mass is 16.2. The van der Waals surface area contributed by atoms with E-state index in [4.69, 9.17) is 0 Å². The van der Waals surface area contributed by atoms with E-state index < -0.39 is 0 Å². The monoisotopic (exact) mass is 202 g/mol. The maximum Gasteiger partial charge on any atom is 0.222 e. The molecule has 1 aromatic rings. The molecule has 78 valence electrons. The molecule has 1 N–H and O–H groups in total. The Bertz CT molecular complexity index is 443. The first kappa shape index (κ1) is 8.77. The molecule has 2 atom stereocenters. The largest absolute Gasteiger partial charge is 0.353 e. The average Bonchev–Trinajstić information content (AvgIpc) is 2.62. The van der Waals surface area contributed by atoms with E-state index in [-0.39, 0.29) is 17.5 Å². The molecule has 0 saturated carbocycles. The van der Waals surface area contributed by atoms with Crippen molar-refractivity contribution in [2.75, 3.05) is 11.9 Å². The Morgan fingerprint density at radius 1 is 1.47 bits per heavy atom. The second-order valence-corrected chi connectivity index (χ2v) is 4.69. The molecule has 1 aromatic carbocycles. The van der Waals surface area contributed by atoms with Gasteiger partial charge in [-0.15, -0.1) is 0 Å². The van der Waals surface area contributed by atoms with E-state index in [9.17, 15) is 4.79 Å². The van der Waals surface area contributed by atoms with E-state index >= 15 is 0 Å². The van der Waals surface area contributed by atoms with Crippen molar-refractivity contribution in [3.8, 4) is 0 Å². The average molecular weight is 202 g/mol. The van der Waals surface area contributed by atoms with Crippen molar-refractivity contribution in [2.45, 2.75) is 24.9 Å². The third-order valence-corrected chi connectivity index (χ3v) is 3.72. The summed E-state index contributed by atoms with van der Waals surface area (Å²) in [6, 6.07) is 8.34. The van der Waals surface area contributed by atoms with Gasteiger partial charge in [-0.1, -0.05) is 25.1 Å². The molecule has 2 aliphatic heterocycles. The lowest BCUT2D eigenvalue weighted by atomic mass is 9.81. The van der Waals surface area contributed by atoms with Crippen molar-refractivity contribution < 1.29 is 4.79 Å². The van der Waals surface area contributed by atoms with Gasteiger partial charge in [0.05, 0.1) is 0 Å². The fourth-order valence-electron chi connectivity index (χ4n) is 2.96. The SMILES string of the molecule is CN1c2ccccc2C2(C)CC(=O)NC12. The van der Waals surface area contributed by atoms with Crippen LogP contribution in [0.3, 0.4) is 0 Å². The standard InChI is InChI=1S/C12H14N2O/c1-12-7-10(15)13-11(12)14(2)9-6-4-3-5-8(9)12/h3-6,11H,7H2,1-2H3,(H,13,15). The van der Waals surface area contributed by atoms with Crippen LogP contribution in [-0.2, 0) is 10.2 Å². The molecule has 1 saturated heterocycles. The normalized spacial score (nSPS) is 32.5. The number of hydrogen-bond acceptors (Lipinski definition) is 2. The molecule has 2 heterocycles. The number of benzene rings is 1. The highest BCUT2D eigenvalue weighted by Gasteiger charge is 2.52. The molecule has 0 bridgehead atoms. The summed E-state index contributed by atoms with van der Waals surface area (Å²) in [5, 5.41) is 3.04. The van der Waals surface area contributed by atoms with Crippen molar-refractivity contribution >= 4 is 11.6 Å². The molecule has 0 aliphatic carbocycles. The number of nitrogens with zero attached hydrogens (tertiary/aromatic N) is 1. The summed E-state index contributed by atoms with van der Waals surface area (Å²) >= 11 is 0. The number of rotatable bonds is 0. The zero-order chi connectivity index (χ0) is 10.6. The van der Waals surface area contributed by atoms with Crippen molar-refractivity contribution in [1.29, 1.82) is 0 Å². The van der Waals surface area contributed by atoms with E-state index in [0.717, 1.165) is 0 Å². The molecular formula is C12H14N2O. The summed E-state index contributed by atoms with van der Waals surface area (Å²) in [5.41, 5.74) is 2.48. The van der Waals surface area contributed by atoms with Crippen molar-refractivity contribution in [1.82, 2.24) is 5.32 Å². The van der Waals surface area contributed by atoms with Gasteiger partial charge in [-0.3, -0.25) is 4.79 Å². The van der Waals surface area contributed by atoms with Crippen LogP contribution in [0.1, 0.15) is 18.9 Å². The van der Waals surface area contributed by atoms with Crippen LogP contribution in [-0.4, -0.2) is 19.1 Å². The lowest BCUT2D eigenvalue weighted by molar-refractivity contribution is -0.119. The fourth-order valence-corrected chi connectivity index (χ4v) is 2.96. The Labute approximate surface area is 89.1 Å². The van der Waals surface area contributed by atoms with Crippen LogP contribution in [0.15, 0.2) is 24.3 Å². The maximum atomic E-state index is 11.5. The predicted molar refractivity (Wildman–Crippen MR) is 58.7 cm³/mol. The topological polar surface area (TPSA) is 32.3 Å². The number of fused-ring (bicyclic) bond motifs is 3. The molecular weight excluding hydrogens is 188 g/mol. The highest BCUT2D eigenvalue weighted by Crippen LogP contribution is 2.47. The zero-order valence-corrected chi connectivity index (χ0v) is 8.95. The molecule has 15 heavy (non-hydrogen) atoms. The number of carbonyl (C=O) groups is 1. The number of nitrogens with one attached hydrogen (secondary N) is 1. The maximum absolute atomic E-state index is 11.5. The molecule has 2 aliphatic rings. The van der Waals surface area contributed by atoms with E-state index in [1.54, 1.807) is 0 Å². The van der Waals surface area contributed by atoms with Crippen LogP contribution in [0.4, 0.5) is 5.69 Å². The van der Waals surface area contributed by atoms with Crippen molar-refractivity contribution in [3.63, 3.8) is 0 Å². The summed E-state index contributed by atoms with van der Waals surface area (Å²) in [7, 11) is 2.04. The Hall–Kier alpha value is -1.51. The van der Waals surface area contributed by atoms with E-state index in [2.05, 4.69) is 29.3 Å². The minimum Gasteiger partial charge on any atom is -0.353 e. The third-order valence-electron chi connectivity index (χ3n) is 3.72. The van der Waals surface area contributed by atoms with Gasteiger partial charge in [0.25, 0.3) is 0 Å². The van der Waals surface area contributed by atoms with Gasteiger partial charge in [0.15, 0.2) is 0 Å². The van der Waals surface area contributed by atoms with Crippen LogP contribution in [0, 0.1) is 0 Å². The molecule has 2 unspecified atom stereocenters. The van der Waals surface area contributed by atoms with Gasteiger partial charge in [0.2, 0.25) is 5.91 Å². The lowest BCUT2D eigenvalue weighted by Crippen LogP contribution is -2.45. The first-order valence-corrected chi connectivity index (χ1v) is 5.24. The number of likely N-dealkylation sites (N-methyl/N-ethyl adjacent to an activating group) is 1. The van der Waals surface area contributed by atoms with E-state index in [1.807, 2.05) is 19.2 Å². The predicted octanol–water partition coefficient (Wildman–Crippen LogP) is 1.24. The van der Waals surface area contributed by atoms with E-state index in [0.29, 0.717) is 6.42 Å². The first-order chi connectivity index (χ1) is 7.13. The van der Waals surface area contributed by atoms with Crippen LogP contribution >= 0.6 is 0 Å². The van der Waals surface area contributed by atoms with Crippen molar-refractivity contribution in [2.24, 2.45) is 0 Å². The zero-order valence-electron chi connectivity index (χ0n) is 8.95. The van der Waals surface area contributed by atoms with Crippen molar-refractivity contribution in [3.05, 3.63) is 29.8 Å². The Kier molecular flexibility index (Phi) is 1.48. The molecule has 3 rings (SSSR count). The Balaban J connectivity index is 2.20. The van der Waals surface area contributed by atoms with Gasteiger partial charge < -0.3 is 10.2 Å². The van der Waals surface area contributed by atoms with Crippen LogP contribution in [0.25, 0.3) is 0 Å². The minimum atomic E-state index is -0.0531. The Morgan fingerprint density at radius 2 is 2.20 bits per heavy atom. The third kappa shape index (κ3) is 0.928.